The second-order valence-electron chi connectivity index (χ2n) is 26.0. The molecule has 5 saturated heterocycles. The quantitative estimate of drug-likeness (QED) is 0.0520. The number of aliphatic hydroxyl groups is 9. The Hall–Kier alpha value is -2.43. The topological polar surface area (TPSA) is 381 Å². The summed E-state index contributed by atoms with van der Waals surface area (Å²) in [7, 11) is -3.99. The molecule has 0 amide bonds. The zero-order chi connectivity index (χ0) is 60.8. The highest BCUT2D eigenvalue weighted by Gasteiger charge is 2.78. The van der Waals surface area contributed by atoms with Gasteiger partial charge in [-0.15, -0.1) is 0 Å². The Bertz CT molecular complexity index is 2510. The van der Waals surface area contributed by atoms with Gasteiger partial charge in [-0.2, -0.15) is 8.42 Å². The van der Waals surface area contributed by atoms with E-state index in [2.05, 4.69) is 33.8 Å². The van der Waals surface area contributed by atoms with Crippen LogP contribution >= 0.6 is 0 Å². The molecule has 27 heteroatoms. The molecule has 28 atom stereocenters. The van der Waals surface area contributed by atoms with Gasteiger partial charge < -0.3 is 98.1 Å². The number of fused-ring (bicyclic) bond motifs is 4. The zero-order valence-electron chi connectivity index (χ0n) is 48.7. The molecule has 5 aliphatic heterocycles. The molecule has 5 heterocycles. The summed E-state index contributed by atoms with van der Waals surface area (Å²) in [4.78, 5) is 27.2. The van der Waals surface area contributed by atoms with Crippen LogP contribution in [0.5, 0.6) is 0 Å². The molecule has 26 nitrogen and oxygen atoms in total. The fourth-order valence-electron chi connectivity index (χ4n) is 16.4. The van der Waals surface area contributed by atoms with Crippen molar-refractivity contribution in [3.05, 3.63) is 23.3 Å². The minimum absolute atomic E-state index is 0.00255. The molecule has 4 aliphatic carbocycles. The average Bonchev–Trinajstić information content (AvgIpc) is 1.58. The molecular weight excluding hydrogens is 1120 g/mol. The summed E-state index contributed by atoms with van der Waals surface area (Å²) in [5, 5.41) is 99.3. The first-order chi connectivity index (χ1) is 38.8. The minimum Gasteiger partial charge on any atom is -0.458 e. The lowest BCUT2D eigenvalue weighted by molar-refractivity contribution is -0.389. The smallest absolute Gasteiger partial charge is 0.397 e. The van der Waals surface area contributed by atoms with Gasteiger partial charge >= 0.3 is 22.3 Å². The Labute approximate surface area is 483 Å². The molecule has 0 aromatic heterocycles. The second kappa shape index (κ2) is 24.2. The number of methoxy groups -OCH3 is 1. The van der Waals surface area contributed by atoms with E-state index in [1.165, 1.54) is 26.5 Å². The van der Waals surface area contributed by atoms with Crippen LogP contribution in [0.15, 0.2) is 23.3 Å². The standard InChI is InChI=1S/C56H88O26S/c1-24(2)11-14-35(74-26(4)59)55(9)33-16-19-54(8)28-12-13-32-52(5,6)34(17-18-53(32,7)27(28)15-20-56(33,54)51(67)81-55)77-50-46(38(62)31(23-72-50)82-83(68,69)70)80-47-40(64)39(63)43(25(3)73-47)78-49-42(66)45(37(61)30(22-58)76-49)79-48-41(65)44(71-10)36(60)29(21-57)75-48/h11-12,25,27,29-50,57-58,60-66H,13-23H2,1-10H3,(H,68,69,70). The molecule has 28 unspecified atom stereocenters. The number of carbonyl (C=O) groups excluding carboxylic acids is 2. The predicted octanol–water partition coefficient (Wildman–Crippen LogP) is -0.0192. The third-order valence-electron chi connectivity index (χ3n) is 20.8. The Kier molecular flexibility index (Phi) is 18.9. The van der Waals surface area contributed by atoms with Gasteiger partial charge in [0.25, 0.3) is 0 Å². The summed E-state index contributed by atoms with van der Waals surface area (Å²) < 4.78 is 104. The van der Waals surface area contributed by atoms with Crippen molar-refractivity contribution in [2.24, 2.45) is 39.4 Å². The number of esters is 2. The van der Waals surface area contributed by atoms with Gasteiger partial charge in [0.2, 0.25) is 0 Å². The zero-order valence-corrected chi connectivity index (χ0v) is 49.5. The fourth-order valence-corrected chi connectivity index (χ4v) is 16.9. The van der Waals surface area contributed by atoms with E-state index in [-0.39, 0.29) is 29.1 Å². The molecule has 0 aromatic rings. The summed E-state index contributed by atoms with van der Waals surface area (Å²) in [5.41, 5.74) is -0.977. The van der Waals surface area contributed by atoms with Crippen LogP contribution in [0.1, 0.15) is 114 Å². The van der Waals surface area contributed by atoms with E-state index in [0.717, 1.165) is 18.4 Å². The lowest BCUT2D eigenvalue weighted by Gasteiger charge is -2.64. The number of aliphatic hydroxyl groups excluding tert-OH is 9. The van der Waals surface area contributed by atoms with Gasteiger partial charge in [-0.05, 0) is 95.3 Å². The summed E-state index contributed by atoms with van der Waals surface area (Å²) in [6, 6.07) is 0. The SMILES string of the molecule is COC1C(O)C(CO)OC(OC2C(O)C(CO)OC(OC3C(C)OC(OC4C(OC5CCC6(C)C7CCC89C(=O)OC(C)(C(CC=C(C)C)OC(C)=O)C8CCC9(C)C7=CCC6C5(C)C)OCC(OS(=O)(=O)O)C4O)C(O)C3O)C2O)C1O. The van der Waals surface area contributed by atoms with Crippen LogP contribution in [0, 0.1) is 39.4 Å². The number of hydrogen-bond donors (Lipinski definition) is 10. The summed E-state index contributed by atoms with van der Waals surface area (Å²) in [6.07, 6.45) is -23.9. The predicted molar refractivity (Wildman–Crippen MR) is 282 cm³/mol. The van der Waals surface area contributed by atoms with E-state index in [0.29, 0.717) is 38.5 Å². The van der Waals surface area contributed by atoms with Crippen LogP contribution in [0.3, 0.4) is 0 Å². The molecule has 0 bridgehead atoms. The van der Waals surface area contributed by atoms with Crippen LogP contribution in [0.25, 0.3) is 0 Å². The number of hydrogen-bond acceptors (Lipinski definition) is 25. The molecular formula is C56H88O26S. The molecule has 3 saturated carbocycles. The van der Waals surface area contributed by atoms with E-state index in [9.17, 15) is 68.5 Å². The van der Waals surface area contributed by atoms with Crippen LogP contribution in [0.2, 0.25) is 0 Å². The third kappa shape index (κ3) is 11.3. The lowest BCUT2D eigenvalue weighted by Crippen LogP contribution is -2.67. The van der Waals surface area contributed by atoms with E-state index in [1.54, 1.807) is 0 Å². The van der Waals surface area contributed by atoms with Gasteiger partial charge in [0, 0.05) is 31.8 Å². The van der Waals surface area contributed by atoms with Gasteiger partial charge in [-0.1, -0.05) is 51.0 Å². The van der Waals surface area contributed by atoms with Crippen molar-refractivity contribution in [2.75, 3.05) is 26.9 Å². The van der Waals surface area contributed by atoms with Crippen LogP contribution in [-0.4, -0.2) is 232 Å². The molecule has 0 radical (unpaired) electrons. The Morgan fingerprint density at radius 1 is 0.723 bits per heavy atom. The van der Waals surface area contributed by atoms with E-state index < -0.39 is 187 Å². The molecule has 1 spiro atoms. The monoisotopic (exact) mass is 1210 g/mol. The van der Waals surface area contributed by atoms with Crippen molar-refractivity contribution in [2.45, 2.75) is 248 Å². The minimum atomic E-state index is -5.18. The summed E-state index contributed by atoms with van der Waals surface area (Å²) in [6.45, 7) is 15.2. The van der Waals surface area contributed by atoms with Gasteiger partial charge in [0.15, 0.2) is 30.8 Å². The summed E-state index contributed by atoms with van der Waals surface area (Å²) in [5.74, 6) is -0.779. The molecule has 9 aliphatic rings. The molecule has 8 fully saturated rings. The fraction of sp³-hybridized carbons (Fsp3) is 0.893. The summed E-state index contributed by atoms with van der Waals surface area (Å²) >= 11 is 0. The normalized spacial score (nSPS) is 49.0. The first-order valence-electron chi connectivity index (χ1n) is 28.9. The van der Waals surface area contributed by atoms with Crippen LogP contribution in [-0.2, 0) is 76.3 Å². The Morgan fingerprint density at radius 2 is 1.33 bits per heavy atom. The van der Waals surface area contributed by atoms with E-state index >= 15 is 0 Å². The van der Waals surface area contributed by atoms with Gasteiger partial charge in [0.05, 0.1) is 37.4 Å². The van der Waals surface area contributed by atoms with Gasteiger partial charge in [-0.25, -0.2) is 4.18 Å². The van der Waals surface area contributed by atoms with Crippen molar-refractivity contribution >= 4 is 22.3 Å². The largest absolute Gasteiger partial charge is 0.458 e. The maximum atomic E-state index is 14.7. The highest BCUT2D eigenvalue weighted by Crippen LogP contribution is 2.76. The number of rotatable bonds is 17. The highest BCUT2D eigenvalue weighted by atomic mass is 32.3. The number of ether oxygens (including phenoxy) is 11. The Balaban J connectivity index is 0.908. The van der Waals surface area contributed by atoms with Gasteiger partial charge in [0.1, 0.15) is 91.6 Å². The van der Waals surface area contributed by atoms with Crippen LogP contribution < -0.4 is 0 Å². The molecule has 10 N–H and O–H groups in total. The molecule has 9 rings (SSSR count). The maximum Gasteiger partial charge on any atom is 0.397 e. The van der Waals surface area contributed by atoms with E-state index in [4.69, 9.17) is 56.3 Å². The Morgan fingerprint density at radius 3 is 1.93 bits per heavy atom. The van der Waals surface area contributed by atoms with Crippen molar-refractivity contribution in [3.8, 4) is 0 Å². The first-order valence-corrected chi connectivity index (χ1v) is 30.3. The highest BCUT2D eigenvalue weighted by molar-refractivity contribution is 7.80. The van der Waals surface area contributed by atoms with Crippen molar-refractivity contribution < 1.29 is 125 Å². The number of cyclic esters (lactones) is 1. The number of carbonyl (C=O) groups is 2. The first kappa shape index (κ1) is 65.0. The molecule has 83 heavy (non-hydrogen) atoms. The maximum absolute atomic E-state index is 14.7. The van der Waals surface area contributed by atoms with E-state index in [1.807, 2.05) is 26.8 Å². The van der Waals surface area contributed by atoms with Gasteiger partial charge in [-0.3, -0.25) is 14.1 Å². The second-order valence-corrected chi connectivity index (χ2v) is 27.0. The lowest BCUT2D eigenvalue weighted by atomic mass is 9.40. The van der Waals surface area contributed by atoms with Crippen molar-refractivity contribution in [1.82, 2.24) is 0 Å². The van der Waals surface area contributed by atoms with Crippen LogP contribution in [0.4, 0.5) is 0 Å². The molecule has 474 valence electrons. The average molecular weight is 1210 g/mol. The third-order valence-corrected chi connectivity index (χ3v) is 21.3. The van der Waals surface area contributed by atoms with Crippen molar-refractivity contribution in [3.63, 3.8) is 0 Å². The number of allylic oxidation sites excluding steroid dienone is 3. The molecule has 0 aromatic carbocycles. The van der Waals surface area contributed by atoms with Crippen molar-refractivity contribution in [1.29, 1.82) is 0 Å².